The molecule has 0 atom stereocenters. The Hall–Kier alpha value is -3.23. The van der Waals surface area contributed by atoms with E-state index in [1.807, 2.05) is 56.2 Å². The Morgan fingerprint density at radius 3 is 1.93 bits per heavy atom. The van der Waals surface area contributed by atoms with Crippen LogP contribution in [0.25, 0.3) is 0 Å². The van der Waals surface area contributed by atoms with Crippen LogP contribution in [0.5, 0.6) is 0 Å². The fourth-order valence-electron chi connectivity index (χ4n) is 2.69. The molecule has 0 aliphatic heterocycles. The van der Waals surface area contributed by atoms with E-state index in [2.05, 4.69) is 37.9 Å². The number of rotatable bonds is 1. The van der Waals surface area contributed by atoms with Crippen LogP contribution in [0.1, 0.15) is 33.4 Å². The van der Waals surface area contributed by atoms with Crippen molar-refractivity contribution in [2.45, 2.75) is 20.7 Å². The molecule has 0 nitrogen and oxygen atoms in total. The molecular weight excluding hydrogens is 330 g/mol. The molecule has 0 aliphatic rings. The topological polar surface area (TPSA) is 0 Å². The molecule has 0 bridgehead atoms. The van der Waals surface area contributed by atoms with Crippen LogP contribution in [0, 0.1) is 43.3 Å². The van der Waals surface area contributed by atoms with Gasteiger partial charge in [0, 0.05) is 16.7 Å². The summed E-state index contributed by atoms with van der Waals surface area (Å²) in [6.45, 7) is 6.09. The first-order chi connectivity index (χ1) is 13.0. The number of hydrogen-bond acceptors (Lipinski definition) is 0. The lowest BCUT2D eigenvalue weighted by molar-refractivity contribution is 0.624. The molecule has 27 heavy (non-hydrogen) atoms. The molecule has 0 aliphatic carbocycles. The smallest absolute Gasteiger partial charge is 0.148 e. The molecule has 0 amide bonds. The van der Waals surface area contributed by atoms with E-state index in [1.54, 1.807) is 12.1 Å². The zero-order chi connectivity index (χ0) is 19.2. The standard InChI is InChI=1S/C25H19BF/c1-18-4-6-20(7-5-18)10-13-23-14-11-22(17-25(23)27)9-8-21-12-15-24(26-3)19(2)16-21/h4-7,11-12,14-17H,1-3H3. The molecule has 129 valence electrons. The van der Waals surface area contributed by atoms with Crippen LogP contribution in [-0.2, 0) is 0 Å². The van der Waals surface area contributed by atoms with E-state index >= 15 is 0 Å². The van der Waals surface area contributed by atoms with Crippen molar-refractivity contribution in [3.8, 4) is 23.7 Å². The van der Waals surface area contributed by atoms with Crippen molar-refractivity contribution >= 4 is 12.7 Å². The molecule has 3 aromatic rings. The molecule has 0 N–H and O–H groups in total. The Labute approximate surface area is 161 Å². The summed E-state index contributed by atoms with van der Waals surface area (Å²) in [5, 5.41) is 0. The van der Waals surface area contributed by atoms with Crippen LogP contribution in [-0.4, -0.2) is 7.28 Å². The second-order valence-corrected chi connectivity index (χ2v) is 6.42. The van der Waals surface area contributed by atoms with Crippen LogP contribution in [0.2, 0.25) is 6.82 Å². The maximum Gasteiger partial charge on any atom is 0.148 e. The molecule has 0 saturated heterocycles. The van der Waals surface area contributed by atoms with E-state index in [0.29, 0.717) is 11.1 Å². The summed E-state index contributed by atoms with van der Waals surface area (Å²) < 4.78 is 14.3. The molecule has 0 spiro atoms. The van der Waals surface area contributed by atoms with Gasteiger partial charge in [0.2, 0.25) is 0 Å². The van der Waals surface area contributed by atoms with Crippen molar-refractivity contribution in [2.24, 2.45) is 0 Å². The molecule has 0 aromatic heterocycles. The summed E-state index contributed by atoms with van der Waals surface area (Å²) in [7, 11) is 2.07. The van der Waals surface area contributed by atoms with Gasteiger partial charge in [-0.2, -0.15) is 0 Å². The normalized spacial score (nSPS) is 9.63. The highest BCUT2D eigenvalue weighted by molar-refractivity contribution is 6.52. The third-order valence-electron chi connectivity index (χ3n) is 4.29. The van der Waals surface area contributed by atoms with Crippen molar-refractivity contribution in [3.63, 3.8) is 0 Å². The zero-order valence-corrected chi connectivity index (χ0v) is 15.7. The van der Waals surface area contributed by atoms with E-state index in [9.17, 15) is 4.39 Å². The Balaban J connectivity index is 1.80. The van der Waals surface area contributed by atoms with Crippen LogP contribution in [0.4, 0.5) is 4.39 Å². The SMILES string of the molecule is C[B]c1ccc(C#Cc2ccc(C#Cc3ccc(C)cc3)c(F)c2)cc1C. The molecule has 0 fully saturated rings. The maximum absolute atomic E-state index is 14.3. The lowest BCUT2D eigenvalue weighted by Gasteiger charge is -2.02. The predicted octanol–water partition coefficient (Wildman–Crippen LogP) is 4.62. The highest BCUT2D eigenvalue weighted by atomic mass is 19.1. The van der Waals surface area contributed by atoms with Crippen molar-refractivity contribution in [1.29, 1.82) is 0 Å². The van der Waals surface area contributed by atoms with Crippen molar-refractivity contribution in [1.82, 2.24) is 0 Å². The third kappa shape index (κ3) is 4.90. The molecular formula is C25H19BF. The van der Waals surface area contributed by atoms with Crippen LogP contribution >= 0.6 is 0 Å². The van der Waals surface area contributed by atoms with E-state index in [1.165, 1.54) is 22.7 Å². The fraction of sp³-hybridized carbons (Fsp3) is 0.120. The van der Waals surface area contributed by atoms with Gasteiger partial charge in [0.15, 0.2) is 0 Å². The Morgan fingerprint density at radius 2 is 1.30 bits per heavy atom. The first-order valence-corrected chi connectivity index (χ1v) is 8.85. The summed E-state index contributed by atoms with van der Waals surface area (Å²) in [6, 6.07) is 18.8. The minimum absolute atomic E-state index is 0.353. The summed E-state index contributed by atoms with van der Waals surface area (Å²) >= 11 is 0. The Bertz CT molecular complexity index is 1090. The number of aryl methyl sites for hydroxylation is 2. The van der Waals surface area contributed by atoms with Crippen LogP contribution in [0.3, 0.4) is 0 Å². The second-order valence-electron chi connectivity index (χ2n) is 6.42. The second kappa shape index (κ2) is 8.44. The summed E-state index contributed by atoms with van der Waals surface area (Å²) in [6.07, 6.45) is 0. The first-order valence-electron chi connectivity index (χ1n) is 8.85. The summed E-state index contributed by atoms with van der Waals surface area (Å²) in [4.78, 5) is 0. The highest BCUT2D eigenvalue weighted by Gasteiger charge is 2.00. The molecule has 0 unspecified atom stereocenters. The lowest BCUT2D eigenvalue weighted by Crippen LogP contribution is -2.13. The van der Waals surface area contributed by atoms with Crippen molar-refractivity contribution in [2.75, 3.05) is 0 Å². The molecule has 0 saturated carbocycles. The van der Waals surface area contributed by atoms with Crippen LogP contribution in [0.15, 0.2) is 60.7 Å². The number of hydrogen-bond donors (Lipinski definition) is 0. The van der Waals surface area contributed by atoms with Gasteiger partial charge < -0.3 is 0 Å². The molecule has 2 heteroatoms. The quantitative estimate of drug-likeness (QED) is 0.444. The van der Waals surface area contributed by atoms with Gasteiger partial charge in [0.1, 0.15) is 13.1 Å². The van der Waals surface area contributed by atoms with E-state index in [0.717, 1.165) is 11.1 Å². The molecule has 3 rings (SSSR count). The largest absolute Gasteiger partial charge is 0.206 e. The fourth-order valence-corrected chi connectivity index (χ4v) is 2.69. The third-order valence-corrected chi connectivity index (χ3v) is 4.29. The van der Waals surface area contributed by atoms with E-state index in [-0.39, 0.29) is 5.82 Å². The first kappa shape index (κ1) is 18.6. The number of benzene rings is 3. The molecule has 0 heterocycles. The zero-order valence-electron chi connectivity index (χ0n) is 15.7. The van der Waals surface area contributed by atoms with Crippen molar-refractivity contribution < 1.29 is 4.39 Å². The summed E-state index contributed by atoms with van der Waals surface area (Å²) in [5.41, 5.74) is 6.35. The minimum atomic E-state index is -0.353. The van der Waals surface area contributed by atoms with Gasteiger partial charge in [-0.3, -0.25) is 0 Å². The Morgan fingerprint density at radius 1 is 0.704 bits per heavy atom. The Kier molecular flexibility index (Phi) is 5.80. The lowest BCUT2D eigenvalue weighted by atomic mass is 9.71. The van der Waals surface area contributed by atoms with Gasteiger partial charge in [-0.05, 0) is 56.3 Å². The van der Waals surface area contributed by atoms with Crippen LogP contribution < -0.4 is 5.46 Å². The minimum Gasteiger partial charge on any atom is -0.206 e. The monoisotopic (exact) mass is 349 g/mol. The maximum atomic E-state index is 14.3. The van der Waals surface area contributed by atoms with Crippen molar-refractivity contribution in [3.05, 3.63) is 99.9 Å². The average molecular weight is 349 g/mol. The number of halogens is 1. The van der Waals surface area contributed by atoms with E-state index in [4.69, 9.17) is 0 Å². The summed E-state index contributed by atoms with van der Waals surface area (Å²) in [5.74, 6) is 11.7. The molecule has 1 radical (unpaired) electrons. The average Bonchev–Trinajstić information content (AvgIpc) is 2.67. The van der Waals surface area contributed by atoms with E-state index < -0.39 is 0 Å². The predicted molar refractivity (Wildman–Crippen MR) is 112 cm³/mol. The van der Waals surface area contributed by atoms with Gasteiger partial charge in [0.25, 0.3) is 0 Å². The van der Waals surface area contributed by atoms with Gasteiger partial charge in [0.05, 0.1) is 5.56 Å². The van der Waals surface area contributed by atoms with Gasteiger partial charge in [-0.15, -0.1) is 0 Å². The van der Waals surface area contributed by atoms with Gasteiger partial charge >= 0.3 is 0 Å². The van der Waals surface area contributed by atoms with Gasteiger partial charge in [-0.25, -0.2) is 4.39 Å². The van der Waals surface area contributed by atoms with Gasteiger partial charge in [-0.1, -0.05) is 65.3 Å². The molecule has 3 aromatic carbocycles. The highest BCUT2D eigenvalue weighted by Crippen LogP contribution is 2.10.